The lowest BCUT2D eigenvalue weighted by Crippen LogP contribution is -1.98. The SMILES string of the molecule is CCCCC(=O)c1ccc(C2CC2)cc1. The predicted molar refractivity (Wildman–Crippen MR) is 62.3 cm³/mol. The van der Waals surface area contributed by atoms with E-state index < -0.39 is 0 Å². The molecule has 0 amide bonds. The number of hydrogen-bond donors (Lipinski definition) is 0. The van der Waals surface area contributed by atoms with Gasteiger partial charge in [0.15, 0.2) is 5.78 Å². The van der Waals surface area contributed by atoms with Crippen LogP contribution in [0.2, 0.25) is 0 Å². The fourth-order valence-electron chi connectivity index (χ4n) is 1.84. The van der Waals surface area contributed by atoms with E-state index in [1.807, 2.05) is 12.1 Å². The molecule has 1 nitrogen and oxygen atoms in total. The summed E-state index contributed by atoms with van der Waals surface area (Å²) >= 11 is 0. The zero-order valence-corrected chi connectivity index (χ0v) is 9.33. The molecule has 0 bridgehead atoms. The number of hydrogen-bond acceptors (Lipinski definition) is 1. The van der Waals surface area contributed by atoms with Gasteiger partial charge in [-0.2, -0.15) is 0 Å². The maximum Gasteiger partial charge on any atom is 0.162 e. The van der Waals surface area contributed by atoms with Crippen molar-refractivity contribution in [3.63, 3.8) is 0 Å². The highest BCUT2D eigenvalue weighted by Crippen LogP contribution is 2.39. The molecule has 0 N–H and O–H groups in total. The summed E-state index contributed by atoms with van der Waals surface area (Å²) in [5.74, 6) is 1.07. The first-order valence-electron chi connectivity index (χ1n) is 5.94. The van der Waals surface area contributed by atoms with Crippen LogP contribution in [0.3, 0.4) is 0 Å². The Labute approximate surface area is 91.5 Å². The van der Waals surface area contributed by atoms with Crippen LogP contribution in [0.15, 0.2) is 24.3 Å². The molecule has 0 unspecified atom stereocenters. The molecular weight excluding hydrogens is 184 g/mol. The topological polar surface area (TPSA) is 17.1 Å². The average molecular weight is 202 g/mol. The van der Waals surface area contributed by atoms with Crippen molar-refractivity contribution < 1.29 is 4.79 Å². The lowest BCUT2D eigenvalue weighted by Gasteiger charge is -2.02. The van der Waals surface area contributed by atoms with Gasteiger partial charge in [0.1, 0.15) is 0 Å². The van der Waals surface area contributed by atoms with Gasteiger partial charge in [-0.1, -0.05) is 37.6 Å². The van der Waals surface area contributed by atoms with Crippen LogP contribution < -0.4 is 0 Å². The zero-order chi connectivity index (χ0) is 10.7. The van der Waals surface area contributed by atoms with Gasteiger partial charge in [0.2, 0.25) is 0 Å². The van der Waals surface area contributed by atoms with E-state index in [9.17, 15) is 4.79 Å². The number of ketones is 1. The second-order valence-electron chi connectivity index (χ2n) is 4.42. The molecule has 1 fully saturated rings. The maximum atomic E-state index is 11.7. The van der Waals surface area contributed by atoms with E-state index in [0.29, 0.717) is 12.2 Å². The molecule has 0 heterocycles. The summed E-state index contributed by atoms with van der Waals surface area (Å²) in [7, 11) is 0. The van der Waals surface area contributed by atoms with Crippen molar-refractivity contribution in [2.45, 2.75) is 44.9 Å². The first-order valence-corrected chi connectivity index (χ1v) is 5.94. The van der Waals surface area contributed by atoms with Gasteiger partial charge in [0, 0.05) is 12.0 Å². The van der Waals surface area contributed by atoms with Gasteiger partial charge in [-0.3, -0.25) is 4.79 Å². The second-order valence-corrected chi connectivity index (χ2v) is 4.42. The molecule has 1 aliphatic rings. The van der Waals surface area contributed by atoms with Crippen LogP contribution >= 0.6 is 0 Å². The van der Waals surface area contributed by atoms with Gasteiger partial charge in [-0.15, -0.1) is 0 Å². The van der Waals surface area contributed by atoms with Crippen LogP contribution in [0.1, 0.15) is 60.9 Å². The van der Waals surface area contributed by atoms with E-state index in [2.05, 4.69) is 19.1 Å². The standard InChI is InChI=1S/C14H18O/c1-2-3-4-14(15)13-9-7-12(8-10-13)11-5-6-11/h7-11H,2-6H2,1H3. The average Bonchev–Trinajstić information content (AvgIpc) is 3.10. The van der Waals surface area contributed by atoms with Crippen LogP contribution in [0.25, 0.3) is 0 Å². The number of unbranched alkanes of at least 4 members (excludes halogenated alkanes) is 1. The van der Waals surface area contributed by atoms with Gasteiger partial charge >= 0.3 is 0 Å². The Kier molecular flexibility index (Phi) is 3.20. The molecule has 0 aromatic heterocycles. The fourth-order valence-corrected chi connectivity index (χ4v) is 1.84. The fraction of sp³-hybridized carbons (Fsp3) is 0.500. The van der Waals surface area contributed by atoms with Crippen molar-refractivity contribution >= 4 is 5.78 Å². The summed E-state index contributed by atoms with van der Waals surface area (Å²) in [6, 6.07) is 8.23. The van der Waals surface area contributed by atoms with Crippen LogP contribution in [0.5, 0.6) is 0 Å². The number of Topliss-reactive ketones (excluding diaryl/α,β-unsaturated/α-hetero) is 1. The molecule has 1 aromatic carbocycles. The van der Waals surface area contributed by atoms with Gasteiger partial charge in [0.05, 0.1) is 0 Å². The molecule has 0 radical (unpaired) electrons. The lowest BCUT2D eigenvalue weighted by atomic mass is 10.0. The highest BCUT2D eigenvalue weighted by atomic mass is 16.1. The van der Waals surface area contributed by atoms with Gasteiger partial charge in [0.25, 0.3) is 0 Å². The molecule has 1 heteroatoms. The van der Waals surface area contributed by atoms with Crippen molar-refractivity contribution in [3.05, 3.63) is 35.4 Å². The summed E-state index contributed by atoms with van der Waals surface area (Å²) in [5.41, 5.74) is 2.29. The van der Waals surface area contributed by atoms with Crippen LogP contribution in [-0.2, 0) is 0 Å². The number of benzene rings is 1. The predicted octanol–water partition coefficient (Wildman–Crippen LogP) is 3.94. The molecule has 15 heavy (non-hydrogen) atoms. The lowest BCUT2D eigenvalue weighted by molar-refractivity contribution is 0.0980. The van der Waals surface area contributed by atoms with E-state index in [1.165, 1.54) is 18.4 Å². The first kappa shape index (κ1) is 10.4. The van der Waals surface area contributed by atoms with Crippen molar-refractivity contribution in [2.24, 2.45) is 0 Å². The quantitative estimate of drug-likeness (QED) is 0.661. The third-order valence-electron chi connectivity index (χ3n) is 3.04. The van der Waals surface area contributed by atoms with Crippen LogP contribution in [-0.4, -0.2) is 5.78 Å². The van der Waals surface area contributed by atoms with Gasteiger partial charge < -0.3 is 0 Å². The Balaban J connectivity index is 1.99. The van der Waals surface area contributed by atoms with Gasteiger partial charge in [-0.05, 0) is 30.7 Å². The molecule has 0 saturated heterocycles. The summed E-state index contributed by atoms with van der Waals surface area (Å²) in [6.07, 6.45) is 5.43. The van der Waals surface area contributed by atoms with Crippen molar-refractivity contribution in [3.8, 4) is 0 Å². The van der Waals surface area contributed by atoms with Crippen molar-refractivity contribution in [1.29, 1.82) is 0 Å². The Morgan fingerprint density at radius 3 is 2.47 bits per heavy atom. The first-order chi connectivity index (χ1) is 7.31. The molecule has 0 spiro atoms. The Bertz CT molecular complexity index is 333. The summed E-state index contributed by atoms with van der Waals surface area (Å²) in [5, 5.41) is 0. The third kappa shape index (κ3) is 2.68. The Morgan fingerprint density at radius 2 is 1.93 bits per heavy atom. The number of carbonyl (C=O) groups excluding carboxylic acids is 1. The number of rotatable bonds is 5. The molecule has 1 aromatic rings. The van der Waals surface area contributed by atoms with E-state index in [0.717, 1.165) is 24.3 Å². The molecular formula is C14H18O. The minimum Gasteiger partial charge on any atom is -0.294 e. The number of carbonyl (C=O) groups is 1. The maximum absolute atomic E-state index is 11.7. The van der Waals surface area contributed by atoms with Crippen molar-refractivity contribution in [2.75, 3.05) is 0 Å². The zero-order valence-electron chi connectivity index (χ0n) is 9.33. The van der Waals surface area contributed by atoms with Crippen LogP contribution in [0, 0.1) is 0 Å². The molecule has 0 aliphatic heterocycles. The third-order valence-corrected chi connectivity index (χ3v) is 3.04. The summed E-state index contributed by atoms with van der Waals surface area (Å²) in [4.78, 5) is 11.7. The largest absolute Gasteiger partial charge is 0.294 e. The highest BCUT2D eigenvalue weighted by molar-refractivity contribution is 5.96. The molecule has 0 atom stereocenters. The molecule has 80 valence electrons. The minimum atomic E-state index is 0.291. The summed E-state index contributed by atoms with van der Waals surface area (Å²) in [6.45, 7) is 2.11. The van der Waals surface area contributed by atoms with Crippen LogP contribution in [0.4, 0.5) is 0 Å². The Morgan fingerprint density at radius 1 is 1.27 bits per heavy atom. The molecule has 1 aliphatic carbocycles. The van der Waals surface area contributed by atoms with E-state index in [-0.39, 0.29) is 0 Å². The highest BCUT2D eigenvalue weighted by Gasteiger charge is 2.23. The van der Waals surface area contributed by atoms with E-state index in [1.54, 1.807) is 0 Å². The smallest absolute Gasteiger partial charge is 0.162 e. The van der Waals surface area contributed by atoms with E-state index in [4.69, 9.17) is 0 Å². The molecule has 2 rings (SSSR count). The monoisotopic (exact) mass is 202 g/mol. The van der Waals surface area contributed by atoms with Crippen molar-refractivity contribution in [1.82, 2.24) is 0 Å². The Hall–Kier alpha value is -1.11. The van der Waals surface area contributed by atoms with Gasteiger partial charge in [-0.25, -0.2) is 0 Å². The minimum absolute atomic E-state index is 0.291. The summed E-state index contributed by atoms with van der Waals surface area (Å²) < 4.78 is 0. The van der Waals surface area contributed by atoms with E-state index >= 15 is 0 Å². The normalized spacial score (nSPS) is 15.3. The molecule has 1 saturated carbocycles. The second kappa shape index (κ2) is 4.61.